The molecule has 218 valence electrons. The molecule has 0 radical (unpaired) electrons. The Balaban J connectivity index is 1.15. The predicted molar refractivity (Wildman–Crippen MR) is 160 cm³/mol. The number of β-amino-alcohol motifs (C(OH)–C–C–N with tert-alkyl or cyclic N) is 1. The third kappa shape index (κ3) is 5.62. The van der Waals surface area contributed by atoms with Gasteiger partial charge in [0, 0.05) is 49.2 Å². The molecular weight excluding hydrogens is 542 g/mol. The normalized spacial score (nSPS) is 17.6. The average molecular weight is 576 g/mol. The summed E-state index contributed by atoms with van der Waals surface area (Å²) in [6, 6.07) is 20.6. The summed E-state index contributed by atoms with van der Waals surface area (Å²) < 4.78 is 24.6. The molecule has 1 fully saturated rings. The fourth-order valence-corrected chi connectivity index (χ4v) is 6.19. The largest absolute Gasteiger partial charge is 0.488 e. The lowest BCUT2D eigenvalue weighted by atomic mass is 9.96. The average Bonchev–Trinajstić information content (AvgIpc) is 3.43. The van der Waals surface area contributed by atoms with E-state index in [4.69, 9.17) is 18.9 Å². The number of hydrogen-bond acceptors (Lipinski definition) is 8. The van der Waals surface area contributed by atoms with E-state index < -0.39 is 0 Å². The zero-order valence-electron chi connectivity index (χ0n) is 24.1. The lowest BCUT2D eigenvalue weighted by Crippen LogP contribution is -2.49. The molecule has 0 spiro atoms. The monoisotopic (exact) mass is 575 g/mol. The van der Waals surface area contributed by atoms with Gasteiger partial charge in [0.2, 0.25) is 0 Å². The lowest BCUT2D eigenvalue weighted by molar-refractivity contribution is -0.00336. The van der Waals surface area contributed by atoms with Crippen LogP contribution in [0.25, 0.3) is 11.1 Å². The van der Waals surface area contributed by atoms with Gasteiger partial charge in [-0.1, -0.05) is 24.3 Å². The van der Waals surface area contributed by atoms with Gasteiger partial charge in [0.1, 0.15) is 43.5 Å². The molecule has 8 nitrogen and oxygen atoms in total. The standard InChI is InChI=1S/C35H33N3O5/c1-22-11-26(18-38-19-27(39)20-38)34(42-21-24-12-23(15-36)16-37-17-24)14-33(22)43-31-8-6-29-28(3-2-4-30(29)31)25-5-7-32-35(13-25)41-10-9-40-32/h2-5,7,11-14,16-17,27,31,39H,6,8-10,18-21H2,1H3/t31-/m0/s1. The van der Waals surface area contributed by atoms with Gasteiger partial charge in [-0.15, -0.1) is 0 Å². The van der Waals surface area contributed by atoms with Crippen LogP contribution >= 0.6 is 0 Å². The van der Waals surface area contributed by atoms with Crippen LogP contribution in [0.3, 0.4) is 0 Å². The predicted octanol–water partition coefficient (Wildman–Crippen LogP) is 5.52. The maximum Gasteiger partial charge on any atom is 0.161 e. The van der Waals surface area contributed by atoms with E-state index in [-0.39, 0.29) is 18.8 Å². The molecule has 3 heterocycles. The van der Waals surface area contributed by atoms with E-state index in [1.807, 2.05) is 12.1 Å². The number of aliphatic hydroxyl groups excluding tert-OH is 1. The first-order chi connectivity index (χ1) is 21.0. The molecule has 4 aromatic rings. The van der Waals surface area contributed by atoms with Crippen molar-refractivity contribution in [2.75, 3.05) is 26.3 Å². The Morgan fingerprint density at radius 1 is 1.02 bits per heavy atom. The van der Waals surface area contributed by atoms with Crippen molar-refractivity contribution in [3.8, 4) is 40.2 Å². The summed E-state index contributed by atoms with van der Waals surface area (Å²) in [4.78, 5) is 6.36. The molecule has 7 rings (SSSR count). The molecular formula is C35H33N3O5. The minimum atomic E-state index is -0.276. The van der Waals surface area contributed by atoms with E-state index >= 15 is 0 Å². The van der Waals surface area contributed by atoms with Gasteiger partial charge in [-0.25, -0.2) is 0 Å². The molecule has 8 heteroatoms. The molecule has 1 aliphatic carbocycles. The molecule has 2 aliphatic heterocycles. The zero-order chi connectivity index (χ0) is 29.3. The van der Waals surface area contributed by atoms with Crippen LogP contribution in [0.4, 0.5) is 0 Å². The van der Waals surface area contributed by atoms with Gasteiger partial charge in [-0.3, -0.25) is 9.88 Å². The van der Waals surface area contributed by atoms with Crippen molar-refractivity contribution in [1.29, 1.82) is 5.26 Å². The summed E-state index contributed by atoms with van der Waals surface area (Å²) in [7, 11) is 0. The summed E-state index contributed by atoms with van der Waals surface area (Å²) in [6.45, 7) is 5.46. The highest BCUT2D eigenvalue weighted by molar-refractivity contribution is 5.72. The Bertz CT molecular complexity index is 1710. The number of hydrogen-bond donors (Lipinski definition) is 1. The van der Waals surface area contributed by atoms with Gasteiger partial charge < -0.3 is 24.1 Å². The quantitative estimate of drug-likeness (QED) is 0.293. The van der Waals surface area contributed by atoms with E-state index in [2.05, 4.69) is 59.3 Å². The van der Waals surface area contributed by atoms with Crippen LogP contribution in [0.2, 0.25) is 0 Å². The number of nitriles is 1. The first kappa shape index (κ1) is 27.3. The van der Waals surface area contributed by atoms with Crippen LogP contribution in [0.1, 0.15) is 45.9 Å². The first-order valence-electron chi connectivity index (χ1n) is 14.7. The van der Waals surface area contributed by atoms with E-state index in [0.29, 0.717) is 38.4 Å². The van der Waals surface area contributed by atoms with Crippen molar-refractivity contribution in [3.05, 3.63) is 100 Å². The molecule has 0 amide bonds. The second kappa shape index (κ2) is 11.6. The number of nitrogens with zero attached hydrogens (tertiary/aromatic N) is 3. The highest BCUT2D eigenvalue weighted by atomic mass is 16.6. The van der Waals surface area contributed by atoms with Crippen molar-refractivity contribution in [3.63, 3.8) is 0 Å². The molecule has 1 aromatic heterocycles. The fourth-order valence-electron chi connectivity index (χ4n) is 6.19. The maximum atomic E-state index is 9.81. The van der Waals surface area contributed by atoms with E-state index in [9.17, 15) is 10.4 Å². The molecule has 43 heavy (non-hydrogen) atoms. The Kier molecular flexibility index (Phi) is 7.35. The fraction of sp³-hybridized carbons (Fsp3) is 0.314. The number of ether oxygens (including phenoxy) is 4. The number of aliphatic hydroxyl groups is 1. The van der Waals surface area contributed by atoms with E-state index in [1.165, 1.54) is 16.7 Å². The second-order valence-corrected chi connectivity index (χ2v) is 11.4. The number of pyridine rings is 1. The van der Waals surface area contributed by atoms with E-state index in [0.717, 1.165) is 58.1 Å². The minimum Gasteiger partial charge on any atom is -0.488 e. The molecule has 3 aromatic carbocycles. The Morgan fingerprint density at radius 2 is 1.88 bits per heavy atom. The summed E-state index contributed by atoms with van der Waals surface area (Å²) in [5, 5.41) is 19.1. The number of rotatable bonds is 8. The van der Waals surface area contributed by atoms with Gasteiger partial charge in [0.05, 0.1) is 11.7 Å². The number of aryl methyl sites for hydroxylation is 1. The van der Waals surface area contributed by atoms with Gasteiger partial charge in [-0.2, -0.15) is 5.26 Å². The van der Waals surface area contributed by atoms with Crippen LogP contribution < -0.4 is 18.9 Å². The first-order valence-corrected chi connectivity index (χ1v) is 14.7. The highest BCUT2D eigenvalue weighted by Gasteiger charge is 2.29. The van der Waals surface area contributed by atoms with Crippen molar-refractivity contribution in [2.45, 2.75) is 45.1 Å². The topological polar surface area (TPSA) is 97.1 Å². The van der Waals surface area contributed by atoms with E-state index in [1.54, 1.807) is 18.5 Å². The van der Waals surface area contributed by atoms with Crippen LogP contribution in [0, 0.1) is 18.3 Å². The van der Waals surface area contributed by atoms with Crippen molar-refractivity contribution in [1.82, 2.24) is 9.88 Å². The summed E-state index contributed by atoms with van der Waals surface area (Å²) in [6.07, 6.45) is 4.71. The molecule has 1 N–H and O–H groups in total. The van der Waals surface area contributed by atoms with Crippen molar-refractivity contribution < 1.29 is 24.1 Å². The third-order valence-corrected chi connectivity index (χ3v) is 8.35. The Labute approximate surface area is 251 Å². The number of aromatic nitrogens is 1. The molecule has 1 saturated heterocycles. The van der Waals surface area contributed by atoms with Gasteiger partial charge >= 0.3 is 0 Å². The smallest absolute Gasteiger partial charge is 0.161 e. The SMILES string of the molecule is Cc1cc(CN2CC(O)C2)c(OCc2cncc(C#N)c2)cc1O[C@H]1CCc2c(-c3ccc4c(c3)OCCO4)cccc21. The summed E-state index contributed by atoms with van der Waals surface area (Å²) in [5.74, 6) is 3.10. The number of fused-ring (bicyclic) bond motifs is 2. The third-order valence-electron chi connectivity index (χ3n) is 8.35. The van der Waals surface area contributed by atoms with Crippen molar-refractivity contribution >= 4 is 0 Å². The summed E-state index contributed by atoms with van der Waals surface area (Å²) in [5.41, 5.74) is 8.21. The maximum absolute atomic E-state index is 9.81. The zero-order valence-corrected chi connectivity index (χ0v) is 24.1. The Hall–Kier alpha value is -4.58. The lowest BCUT2D eigenvalue weighted by Gasteiger charge is -2.36. The Morgan fingerprint density at radius 3 is 2.72 bits per heavy atom. The van der Waals surface area contributed by atoms with Gasteiger partial charge in [0.25, 0.3) is 0 Å². The van der Waals surface area contributed by atoms with Gasteiger partial charge in [-0.05, 0) is 71.8 Å². The van der Waals surface area contributed by atoms with Crippen LogP contribution in [0.5, 0.6) is 23.0 Å². The van der Waals surface area contributed by atoms with Gasteiger partial charge in [0.15, 0.2) is 11.5 Å². The molecule has 0 unspecified atom stereocenters. The highest BCUT2D eigenvalue weighted by Crippen LogP contribution is 2.43. The molecule has 3 aliphatic rings. The van der Waals surface area contributed by atoms with Crippen LogP contribution in [0.15, 0.2) is 67.0 Å². The van der Waals surface area contributed by atoms with Crippen LogP contribution in [-0.2, 0) is 19.6 Å². The molecule has 1 atom stereocenters. The minimum absolute atomic E-state index is 0.0772. The second-order valence-electron chi connectivity index (χ2n) is 11.4. The van der Waals surface area contributed by atoms with Crippen molar-refractivity contribution in [2.24, 2.45) is 0 Å². The summed E-state index contributed by atoms with van der Waals surface area (Å²) >= 11 is 0. The number of likely N-dealkylation sites (tertiary alicyclic amines) is 1. The number of benzene rings is 3. The van der Waals surface area contributed by atoms with Crippen LogP contribution in [-0.4, -0.2) is 47.4 Å². The molecule has 0 saturated carbocycles. The molecule has 0 bridgehead atoms.